The van der Waals surface area contributed by atoms with Gasteiger partial charge in [-0.15, -0.1) is 0 Å². The van der Waals surface area contributed by atoms with Crippen LogP contribution in [0, 0.1) is 0 Å². The van der Waals surface area contributed by atoms with E-state index in [4.69, 9.17) is 4.74 Å². The van der Waals surface area contributed by atoms with Crippen LogP contribution in [0.4, 0.5) is 5.69 Å². The zero-order chi connectivity index (χ0) is 21.5. The number of amides is 2. The topological polar surface area (TPSA) is 67.4 Å². The van der Waals surface area contributed by atoms with Crippen LogP contribution in [0.5, 0.6) is 5.75 Å². The average Bonchev–Trinajstić information content (AvgIpc) is 2.76. The Morgan fingerprint density at radius 3 is 2.23 bits per heavy atom. The molecule has 0 heterocycles. The smallest absolute Gasteiger partial charge is 0.255 e. The summed E-state index contributed by atoms with van der Waals surface area (Å²) in [6.45, 7) is 4.39. The van der Waals surface area contributed by atoms with E-state index in [-0.39, 0.29) is 17.9 Å². The van der Waals surface area contributed by atoms with Gasteiger partial charge in [-0.05, 0) is 77.8 Å². The lowest BCUT2D eigenvalue weighted by Crippen LogP contribution is -2.26. The summed E-state index contributed by atoms with van der Waals surface area (Å²) in [6, 6.07) is 21.7. The summed E-state index contributed by atoms with van der Waals surface area (Å²) < 4.78 is 6.18. The Labute approximate surface area is 184 Å². The summed E-state index contributed by atoms with van der Waals surface area (Å²) in [7, 11) is 0. The molecule has 0 bridgehead atoms. The maximum atomic E-state index is 12.5. The van der Waals surface area contributed by atoms with Gasteiger partial charge in [0.15, 0.2) is 0 Å². The second kappa shape index (κ2) is 10.1. The third-order valence-corrected chi connectivity index (χ3v) is 5.17. The van der Waals surface area contributed by atoms with Crippen LogP contribution in [-0.4, -0.2) is 18.4 Å². The number of benzene rings is 3. The summed E-state index contributed by atoms with van der Waals surface area (Å²) in [5.41, 5.74) is 2.68. The maximum absolute atomic E-state index is 12.5. The van der Waals surface area contributed by atoms with Crippen molar-refractivity contribution in [2.45, 2.75) is 19.9 Å². The molecule has 0 saturated carbocycles. The number of rotatable bonds is 7. The van der Waals surface area contributed by atoms with Crippen LogP contribution in [0.1, 0.15) is 46.2 Å². The Bertz CT molecular complexity index is 1020. The lowest BCUT2D eigenvalue weighted by atomic mass is 10.1. The SMILES string of the molecule is CCOc1ccc(C(=O)Nc2ccc(C(=O)NC(C)c3ccccc3)cc2)cc1Br. The molecule has 3 aromatic carbocycles. The molecular formula is C24H23BrN2O3. The van der Waals surface area contributed by atoms with Gasteiger partial charge < -0.3 is 15.4 Å². The van der Waals surface area contributed by atoms with Gasteiger partial charge in [-0.1, -0.05) is 30.3 Å². The zero-order valence-electron chi connectivity index (χ0n) is 16.8. The largest absolute Gasteiger partial charge is 0.493 e. The second-order valence-electron chi connectivity index (χ2n) is 6.72. The van der Waals surface area contributed by atoms with Gasteiger partial charge in [-0.3, -0.25) is 9.59 Å². The predicted molar refractivity (Wildman–Crippen MR) is 122 cm³/mol. The van der Waals surface area contributed by atoms with E-state index >= 15 is 0 Å². The molecule has 0 fully saturated rings. The van der Waals surface area contributed by atoms with Gasteiger partial charge >= 0.3 is 0 Å². The van der Waals surface area contributed by atoms with Crippen LogP contribution in [0.15, 0.2) is 77.3 Å². The van der Waals surface area contributed by atoms with Crippen LogP contribution in [0.2, 0.25) is 0 Å². The first-order chi connectivity index (χ1) is 14.5. The number of carbonyl (C=O) groups excluding carboxylic acids is 2. The Kier molecular flexibility index (Phi) is 7.25. The normalized spacial score (nSPS) is 11.4. The molecule has 3 aromatic rings. The van der Waals surface area contributed by atoms with Crippen LogP contribution in [0.3, 0.4) is 0 Å². The van der Waals surface area contributed by atoms with Crippen molar-refractivity contribution in [3.05, 3.63) is 94.0 Å². The highest BCUT2D eigenvalue weighted by atomic mass is 79.9. The number of hydrogen-bond donors (Lipinski definition) is 2. The first-order valence-electron chi connectivity index (χ1n) is 9.67. The maximum Gasteiger partial charge on any atom is 0.255 e. The summed E-state index contributed by atoms with van der Waals surface area (Å²) in [5.74, 6) is 0.280. The highest BCUT2D eigenvalue weighted by molar-refractivity contribution is 9.10. The average molecular weight is 467 g/mol. The van der Waals surface area contributed by atoms with Crippen LogP contribution in [0.25, 0.3) is 0 Å². The Morgan fingerprint density at radius 2 is 1.60 bits per heavy atom. The number of anilines is 1. The number of halogens is 1. The Balaban J connectivity index is 1.62. The third-order valence-electron chi connectivity index (χ3n) is 4.55. The van der Waals surface area contributed by atoms with Gasteiger partial charge in [0.05, 0.1) is 17.1 Å². The minimum absolute atomic E-state index is 0.101. The van der Waals surface area contributed by atoms with Crippen molar-refractivity contribution in [2.24, 2.45) is 0 Å². The molecule has 1 unspecified atom stereocenters. The van der Waals surface area contributed by atoms with E-state index in [1.165, 1.54) is 0 Å². The van der Waals surface area contributed by atoms with Gasteiger partial charge in [0.2, 0.25) is 0 Å². The molecule has 2 N–H and O–H groups in total. The molecule has 30 heavy (non-hydrogen) atoms. The Hall–Kier alpha value is -3.12. The fourth-order valence-electron chi connectivity index (χ4n) is 2.93. The van der Waals surface area contributed by atoms with E-state index in [2.05, 4.69) is 26.6 Å². The molecule has 0 aliphatic carbocycles. The fraction of sp³-hybridized carbons (Fsp3) is 0.167. The minimum Gasteiger partial charge on any atom is -0.493 e. The number of carbonyl (C=O) groups is 2. The van der Waals surface area contributed by atoms with Crippen molar-refractivity contribution in [3.63, 3.8) is 0 Å². The zero-order valence-corrected chi connectivity index (χ0v) is 18.4. The lowest BCUT2D eigenvalue weighted by molar-refractivity contribution is 0.0939. The summed E-state index contributed by atoms with van der Waals surface area (Å²) >= 11 is 3.41. The van der Waals surface area contributed by atoms with Crippen molar-refractivity contribution in [2.75, 3.05) is 11.9 Å². The monoisotopic (exact) mass is 466 g/mol. The fourth-order valence-corrected chi connectivity index (χ4v) is 3.42. The number of nitrogens with one attached hydrogen (secondary N) is 2. The molecule has 0 spiro atoms. The van der Waals surface area contributed by atoms with E-state index in [0.717, 1.165) is 10.0 Å². The highest BCUT2D eigenvalue weighted by Crippen LogP contribution is 2.26. The van der Waals surface area contributed by atoms with Crippen molar-refractivity contribution < 1.29 is 14.3 Å². The van der Waals surface area contributed by atoms with E-state index in [1.54, 1.807) is 42.5 Å². The van der Waals surface area contributed by atoms with Crippen LogP contribution in [-0.2, 0) is 0 Å². The van der Waals surface area contributed by atoms with Gasteiger partial charge in [-0.25, -0.2) is 0 Å². The minimum atomic E-state index is -0.242. The number of ether oxygens (including phenoxy) is 1. The summed E-state index contributed by atoms with van der Waals surface area (Å²) in [6.07, 6.45) is 0. The molecule has 0 radical (unpaired) electrons. The van der Waals surface area contributed by atoms with E-state index in [1.807, 2.05) is 44.2 Å². The Morgan fingerprint density at radius 1 is 0.933 bits per heavy atom. The molecule has 0 aliphatic rings. The van der Waals surface area contributed by atoms with Gasteiger partial charge in [0.25, 0.3) is 11.8 Å². The highest BCUT2D eigenvalue weighted by Gasteiger charge is 2.13. The standard InChI is InChI=1S/C24H23BrN2O3/c1-3-30-22-14-11-19(15-21(22)25)24(29)27-20-12-9-18(10-13-20)23(28)26-16(2)17-7-5-4-6-8-17/h4-16H,3H2,1-2H3,(H,26,28)(H,27,29). The van der Waals surface area contributed by atoms with Crippen molar-refractivity contribution in [1.29, 1.82) is 0 Å². The van der Waals surface area contributed by atoms with E-state index in [0.29, 0.717) is 29.2 Å². The van der Waals surface area contributed by atoms with Crippen LogP contribution >= 0.6 is 15.9 Å². The molecule has 3 rings (SSSR count). The van der Waals surface area contributed by atoms with Crippen molar-refractivity contribution in [3.8, 4) is 5.75 Å². The molecule has 0 aliphatic heterocycles. The molecule has 154 valence electrons. The molecule has 1 atom stereocenters. The molecule has 0 saturated heterocycles. The molecule has 2 amide bonds. The van der Waals surface area contributed by atoms with Crippen LogP contribution < -0.4 is 15.4 Å². The third kappa shape index (κ3) is 5.48. The van der Waals surface area contributed by atoms with Gasteiger partial charge in [0.1, 0.15) is 5.75 Å². The predicted octanol–water partition coefficient (Wildman–Crippen LogP) is 5.59. The second-order valence-corrected chi connectivity index (χ2v) is 7.57. The lowest BCUT2D eigenvalue weighted by Gasteiger charge is -2.14. The van der Waals surface area contributed by atoms with E-state index in [9.17, 15) is 9.59 Å². The molecular weight excluding hydrogens is 444 g/mol. The van der Waals surface area contributed by atoms with Gasteiger partial charge in [-0.2, -0.15) is 0 Å². The summed E-state index contributed by atoms with van der Waals surface area (Å²) in [5, 5.41) is 5.81. The van der Waals surface area contributed by atoms with Crippen molar-refractivity contribution >= 4 is 33.4 Å². The quantitative estimate of drug-likeness (QED) is 0.476. The summed E-state index contributed by atoms with van der Waals surface area (Å²) in [4.78, 5) is 25.0. The van der Waals surface area contributed by atoms with Crippen molar-refractivity contribution in [1.82, 2.24) is 5.32 Å². The molecule has 6 heteroatoms. The molecule has 5 nitrogen and oxygen atoms in total. The van der Waals surface area contributed by atoms with Gasteiger partial charge in [0, 0.05) is 16.8 Å². The first-order valence-corrected chi connectivity index (χ1v) is 10.5. The number of hydrogen-bond acceptors (Lipinski definition) is 3. The van der Waals surface area contributed by atoms with E-state index < -0.39 is 0 Å². The first kappa shape index (κ1) is 21.6. The molecule has 0 aromatic heterocycles.